The summed E-state index contributed by atoms with van der Waals surface area (Å²) in [4.78, 5) is 37.0. The number of amides is 1. The van der Waals surface area contributed by atoms with Gasteiger partial charge in [0.1, 0.15) is 0 Å². The summed E-state index contributed by atoms with van der Waals surface area (Å²) >= 11 is 1.22. The number of aryl methyl sites for hydroxylation is 1. The number of nitrogens with zero attached hydrogens (tertiary/aromatic N) is 5. The lowest BCUT2D eigenvalue weighted by atomic mass is 10.3. The lowest BCUT2D eigenvalue weighted by Crippen LogP contribution is -2.21. The number of ether oxygens (including phenoxy) is 1. The average molecular weight is 434 g/mol. The van der Waals surface area contributed by atoms with Crippen molar-refractivity contribution in [1.82, 2.24) is 24.7 Å². The third-order valence-corrected chi connectivity index (χ3v) is 5.20. The van der Waals surface area contributed by atoms with E-state index in [2.05, 4.69) is 25.4 Å². The minimum atomic E-state index is -0.693. The van der Waals surface area contributed by atoms with E-state index in [1.54, 1.807) is 35.4 Å². The standard InChI is InChI=1S/C21H18N6O3S/c1-13-18(14(2)27(26-13)15-7-4-3-5-8-15)25-17(28)11-30-21(29)16-12-31-20(24-16)19-22-9-6-10-23-19/h3-10,12H,11H2,1-2H3,(H,25,28). The van der Waals surface area contributed by atoms with E-state index < -0.39 is 18.5 Å². The van der Waals surface area contributed by atoms with E-state index in [0.717, 1.165) is 11.4 Å². The molecule has 1 N–H and O–H groups in total. The van der Waals surface area contributed by atoms with Crippen molar-refractivity contribution in [2.24, 2.45) is 0 Å². The van der Waals surface area contributed by atoms with Gasteiger partial charge in [-0.05, 0) is 32.0 Å². The number of rotatable bonds is 6. The maximum Gasteiger partial charge on any atom is 0.358 e. The van der Waals surface area contributed by atoms with E-state index in [4.69, 9.17) is 4.74 Å². The lowest BCUT2D eigenvalue weighted by molar-refractivity contribution is -0.119. The molecule has 0 atom stereocenters. The highest BCUT2D eigenvalue weighted by atomic mass is 32.1. The first-order valence-corrected chi connectivity index (χ1v) is 10.2. The predicted molar refractivity (Wildman–Crippen MR) is 115 cm³/mol. The molecule has 3 aromatic heterocycles. The first-order chi connectivity index (χ1) is 15.0. The number of carbonyl (C=O) groups is 2. The van der Waals surface area contributed by atoms with Crippen molar-refractivity contribution >= 4 is 28.9 Å². The molecule has 31 heavy (non-hydrogen) atoms. The Bertz CT molecular complexity index is 1220. The van der Waals surface area contributed by atoms with Gasteiger partial charge in [0.05, 0.1) is 22.8 Å². The molecule has 1 amide bonds. The second-order valence-corrected chi connectivity index (χ2v) is 7.39. The largest absolute Gasteiger partial charge is 0.451 e. The van der Waals surface area contributed by atoms with Crippen LogP contribution in [0.25, 0.3) is 16.5 Å². The number of anilines is 1. The molecule has 4 rings (SSSR count). The van der Waals surface area contributed by atoms with E-state index in [1.807, 2.05) is 37.3 Å². The summed E-state index contributed by atoms with van der Waals surface area (Å²) in [5.41, 5.74) is 3.01. The predicted octanol–water partition coefficient (Wildman–Crippen LogP) is 3.20. The molecule has 1 aromatic carbocycles. The second-order valence-electron chi connectivity index (χ2n) is 6.53. The van der Waals surface area contributed by atoms with Gasteiger partial charge in [0, 0.05) is 17.8 Å². The quantitative estimate of drug-likeness (QED) is 0.464. The van der Waals surface area contributed by atoms with Gasteiger partial charge < -0.3 is 10.1 Å². The highest BCUT2D eigenvalue weighted by molar-refractivity contribution is 7.13. The third kappa shape index (κ3) is 4.48. The third-order valence-electron chi connectivity index (χ3n) is 4.36. The first-order valence-electron chi connectivity index (χ1n) is 9.34. The molecule has 0 bridgehead atoms. The molecular formula is C21H18N6O3S. The van der Waals surface area contributed by atoms with Gasteiger partial charge >= 0.3 is 5.97 Å². The van der Waals surface area contributed by atoms with Crippen LogP contribution in [0, 0.1) is 13.8 Å². The molecule has 4 aromatic rings. The zero-order valence-electron chi connectivity index (χ0n) is 16.8. The van der Waals surface area contributed by atoms with Crippen molar-refractivity contribution in [3.63, 3.8) is 0 Å². The van der Waals surface area contributed by atoms with Crippen molar-refractivity contribution in [2.75, 3.05) is 11.9 Å². The highest BCUT2D eigenvalue weighted by Gasteiger charge is 2.18. The summed E-state index contributed by atoms with van der Waals surface area (Å²) < 4.78 is 6.86. The molecule has 3 heterocycles. The van der Waals surface area contributed by atoms with Crippen LogP contribution in [-0.2, 0) is 9.53 Å². The van der Waals surface area contributed by atoms with Crippen LogP contribution in [0.5, 0.6) is 0 Å². The van der Waals surface area contributed by atoms with E-state index in [0.29, 0.717) is 22.2 Å². The Labute approximate surface area is 181 Å². The molecule has 9 nitrogen and oxygen atoms in total. The Kier molecular flexibility index (Phi) is 5.80. The van der Waals surface area contributed by atoms with Crippen LogP contribution in [0.1, 0.15) is 21.9 Å². The van der Waals surface area contributed by atoms with Crippen LogP contribution < -0.4 is 5.32 Å². The SMILES string of the molecule is Cc1nn(-c2ccccc2)c(C)c1NC(=O)COC(=O)c1csc(-c2ncccn2)n1. The molecule has 0 aliphatic rings. The minimum absolute atomic E-state index is 0.101. The summed E-state index contributed by atoms with van der Waals surface area (Å²) in [5.74, 6) is -0.735. The number of benzene rings is 1. The Hall–Kier alpha value is -3.92. The van der Waals surface area contributed by atoms with Crippen molar-refractivity contribution in [1.29, 1.82) is 0 Å². The molecule has 0 saturated carbocycles. The van der Waals surface area contributed by atoms with Gasteiger partial charge in [-0.2, -0.15) is 5.10 Å². The van der Waals surface area contributed by atoms with Gasteiger partial charge in [0.25, 0.3) is 5.91 Å². The number of hydrogen-bond donors (Lipinski definition) is 1. The maximum absolute atomic E-state index is 12.4. The van der Waals surface area contributed by atoms with Crippen molar-refractivity contribution in [3.05, 3.63) is 71.3 Å². The lowest BCUT2D eigenvalue weighted by Gasteiger charge is -2.07. The molecule has 0 radical (unpaired) electrons. The van der Waals surface area contributed by atoms with Gasteiger partial charge in [-0.25, -0.2) is 24.4 Å². The molecular weight excluding hydrogens is 416 g/mol. The molecule has 0 fully saturated rings. The van der Waals surface area contributed by atoms with Crippen LogP contribution in [0.2, 0.25) is 0 Å². The molecule has 0 aliphatic heterocycles. The zero-order valence-corrected chi connectivity index (χ0v) is 17.6. The van der Waals surface area contributed by atoms with Crippen LogP contribution in [0.15, 0.2) is 54.2 Å². The number of carbonyl (C=O) groups excluding carboxylic acids is 2. The van der Waals surface area contributed by atoms with Gasteiger partial charge in [-0.1, -0.05) is 18.2 Å². The Morgan fingerprint density at radius 3 is 2.58 bits per heavy atom. The molecule has 0 unspecified atom stereocenters. The van der Waals surface area contributed by atoms with Gasteiger partial charge in [0.15, 0.2) is 23.1 Å². The van der Waals surface area contributed by atoms with Crippen LogP contribution in [0.4, 0.5) is 5.69 Å². The number of aromatic nitrogens is 5. The second kappa shape index (κ2) is 8.84. The first kappa shape index (κ1) is 20.4. The molecule has 0 aliphatic carbocycles. The van der Waals surface area contributed by atoms with E-state index in [9.17, 15) is 9.59 Å². The number of thiazole rings is 1. The van der Waals surface area contributed by atoms with Gasteiger partial charge in [0.2, 0.25) is 0 Å². The average Bonchev–Trinajstić information content (AvgIpc) is 3.40. The Morgan fingerprint density at radius 1 is 1.10 bits per heavy atom. The normalized spacial score (nSPS) is 10.6. The number of nitrogens with one attached hydrogen (secondary N) is 1. The van der Waals surface area contributed by atoms with Crippen LogP contribution in [0.3, 0.4) is 0 Å². The number of hydrogen-bond acceptors (Lipinski definition) is 8. The smallest absolute Gasteiger partial charge is 0.358 e. The van der Waals surface area contributed by atoms with Gasteiger partial charge in [-0.15, -0.1) is 11.3 Å². The molecule has 156 valence electrons. The highest BCUT2D eigenvalue weighted by Crippen LogP contribution is 2.23. The Balaban J connectivity index is 1.38. The summed E-state index contributed by atoms with van der Waals surface area (Å²) in [7, 11) is 0. The summed E-state index contributed by atoms with van der Waals surface area (Å²) in [6, 6.07) is 11.3. The fraction of sp³-hybridized carbons (Fsp3) is 0.143. The monoisotopic (exact) mass is 434 g/mol. The van der Waals surface area contributed by atoms with E-state index in [-0.39, 0.29) is 5.69 Å². The fourth-order valence-electron chi connectivity index (χ4n) is 2.90. The van der Waals surface area contributed by atoms with Crippen molar-refractivity contribution in [3.8, 4) is 16.5 Å². The molecule has 0 saturated heterocycles. The van der Waals surface area contributed by atoms with E-state index >= 15 is 0 Å². The van der Waals surface area contributed by atoms with Gasteiger partial charge in [-0.3, -0.25) is 4.79 Å². The molecule has 0 spiro atoms. The fourth-order valence-corrected chi connectivity index (χ4v) is 3.64. The van der Waals surface area contributed by atoms with Crippen LogP contribution in [-0.4, -0.2) is 43.2 Å². The van der Waals surface area contributed by atoms with Crippen molar-refractivity contribution < 1.29 is 14.3 Å². The Morgan fingerprint density at radius 2 is 1.84 bits per heavy atom. The summed E-state index contributed by atoms with van der Waals surface area (Å²) in [5, 5.41) is 9.29. The zero-order chi connectivity index (χ0) is 21.8. The summed E-state index contributed by atoms with van der Waals surface area (Å²) in [6.45, 7) is 3.22. The topological polar surface area (TPSA) is 112 Å². The van der Waals surface area contributed by atoms with E-state index in [1.165, 1.54) is 11.3 Å². The summed E-state index contributed by atoms with van der Waals surface area (Å²) in [6.07, 6.45) is 3.19. The minimum Gasteiger partial charge on any atom is -0.451 e. The van der Waals surface area contributed by atoms with Crippen molar-refractivity contribution in [2.45, 2.75) is 13.8 Å². The maximum atomic E-state index is 12.4. The number of esters is 1. The number of para-hydroxylation sites is 1. The van der Waals surface area contributed by atoms with Crippen LogP contribution >= 0.6 is 11.3 Å². The molecule has 10 heteroatoms.